The van der Waals surface area contributed by atoms with Crippen LogP contribution in [0.4, 0.5) is 4.79 Å². The maximum absolute atomic E-state index is 12.2. The van der Waals surface area contributed by atoms with E-state index >= 15 is 0 Å². The van der Waals surface area contributed by atoms with Gasteiger partial charge in [-0.25, -0.2) is 4.79 Å². The Morgan fingerprint density at radius 1 is 1.57 bits per heavy atom. The number of carboxylic acid groups (broad SMARTS) is 1. The zero-order valence-corrected chi connectivity index (χ0v) is 12.7. The highest BCUT2D eigenvalue weighted by molar-refractivity contribution is 5.79. The summed E-state index contributed by atoms with van der Waals surface area (Å²) in [6, 6.07) is -0.383. The van der Waals surface area contributed by atoms with Crippen LogP contribution >= 0.6 is 0 Å². The minimum absolute atomic E-state index is 0.158. The van der Waals surface area contributed by atoms with Crippen LogP contribution in [-0.2, 0) is 11.3 Å². The number of rotatable bonds is 4. The number of urea groups is 1. The van der Waals surface area contributed by atoms with Crippen molar-refractivity contribution in [2.45, 2.75) is 39.8 Å². The molecule has 0 saturated carbocycles. The zero-order chi connectivity index (χ0) is 15.6. The van der Waals surface area contributed by atoms with E-state index in [2.05, 4.69) is 10.4 Å². The van der Waals surface area contributed by atoms with Gasteiger partial charge in [0.1, 0.15) is 0 Å². The highest BCUT2D eigenvalue weighted by Crippen LogP contribution is 2.30. The van der Waals surface area contributed by atoms with E-state index in [-0.39, 0.29) is 18.6 Å². The fourth-order valence-corrected chi connectivity index (χ4v) is 2.44. The predicted molar refractivity (Wildman–Crippen MR) is 76.8 cm³/mol. The van der Waals surface area contributed by atoms with E-state index in [1.807, 2.05) is 20.0 Å². The average molecular weight is 294 g/mol. The summed E-state index contributed by atoms with van der Waals surface area (Å²) < 4.78 is 1.80. The van der Waals surface area contributed by atoms with Gasteiger partial charge >= 0.3 is 12.0 Å². The number of amides is 2. The molecule has 1 fully saturated rings. The number of hydrogen-bond acceptors (Lipinski definition) is 3. The Balaban J connectivity index is 1.94. The molecule has 1 aromatic rings. The number of nitrogens with one attached hydrogen (secondary N) is 1. The van der Waals surface area contributed by atoms with E-state index < -0.39 is 11.4 Å². The molecule has 0 bridgehead atoms. The molecule has 1 aromatic heterocycles. The van der Waals surface area contributed by atoms with Crippen LogP contribution in [0.5, 0.6) is 0 Å². The Hall–Kier alpha value is -2.05. The van der Waals surface area contributed by atoms with Crippen LogP contribution in [0.2, 0.25) is 0 Å². The largest absolute Gasteiger partial charge is 0.481 e. The molecule has 2 rings (SSSR count). The standard InChI is InChI=1S/C14H22N4O3/c1-4-18-8-11(7-15-18)10(2)16-13(21)17-6-5-14(3,9-17)12(19)20/h7-8,10H,4-6,9H2,1-3H3,(H,16,21)(H,19,20)/t10-,14+/m1/s1. The lowest BCUT2D eigenvalue weighted by Crippen LogP contribution is -2.41. The summed E-state index contributed by atoms with van der Waals surface area (Å²) >= 11 is 0. The number of aryl methyl sites for hydroxylation is 1. The van der Waals surface area contributed by atoms with Crippen molar-refractivity contribution in [3.05, 3.63) is 18.0 Å². The molecule has 2 atom stereocenters. The first kappa shape index (κ1) is 15.3. The van der Waals surface area contributed by atoms with E-state index in [0.29, 0.717) is 13.0 Å². The molecule has 1 aliphatic heterocycles. The molecule has 0 unspecified atom stereocenters. The molecule has 0 aliphatic carbocycles. The van der Waals surface area contributed by atoms with Crippen LogP contribution in [0.25, 0.3) is 0 Å². The SMILES string of the molecule is CCn1cc([C@@H](C)NC(=O)N2CC[C@](C)(C(=O)O)C2)cn1. The fourth-order valence-electron chi connectivity index (χ4n) is 2.44. The summed E-state index contributed by atoms with van der Waals surface area (Å²) in [4.78, 5) is 25.0. The van der Waals surface area contributed by atoms with Gasteiger partial charge in [0.05, 0.1) is 17.7 Å². The van der Waals surface area contributed by atoms with Gasteiger partial charge in [-0.15, -0.1) is 0 Å². The lowest BCUT2D eigenvalue weighted by molar-refractivity contribution is -0.146. The summed E-state index contributed by atoms with van der Waals surface area (Å²) in [5.41, 5.74) is 0.0959. The third kappa shape index (κ3) is 3.17. The molecule has 0 spiro atoms. The van der Waals surface area contributed by atoms with Gasteiger partial charge in [0.25, 0.3) is 0 Å². The molecule has 0 radical (unpaired) electrons. The quantitative estimate of drug-likeness (QED) is 0.880. The van der Waals surface area contributed by atoms with Crippen LogP contribution in [-0.4, -0.2) is 44.9 Å². The topological polar surface area (TPSA) is 87.5 Å². The number of aliphatic carboxylic acids is 1. The van der Waals surface area contributed by atoms with Crippen molar-refractivity contribution in [2.24, 2.45) is 5.41 Å². The summed E-state index contributed by atoms with van der Waals surface area (Å²) in [5, 5.41) is 16.3. The maximum Gasteiger partial charge on any atom is 0.317 e. The molecule has 21 heavy (non-hydrogen) atoms. The van der Waals surface area contributed by atoms with Crippen LogP contribution in [0.1, 0.15) is 38.8 Å². The van der Waals surface area contributed by atoms with Crippen molar-refractivity contribution in [1.82, 2.24) is 20.0 Å². The molecular formula is C14H22N4O3. The smallest absolute Gasteiger partial charge is 0.317 e. The Labute approximate surface area is 123 Å². The van der Waals surface area contributed by atoms with Crippen LogP contribution < -0.4 is 5.32 Å². The number of carbonyl (C=O) groups excluding carboxylic acids is 1. The lowest BCUT2D eigenvalue weighted by atomic mass is 9.90. The summed E-state index contributed by atoms with van der Waals surface area (Å²) in [6.07, 6.45) is 4.12. The second-order valence-electron chi connectivity index (χ2n) is 5.84. The Kier molecular flexibility index (Phi) is 4.20. The normalized spacial score (nSPS) is 23.1. The van der Waals surface area contributed by atoms with Crippen molar-refractivity contribution in [3.63, 3.8) is 0 Å². The molecule has 1 aliphatic rings. The van der Waals surface area contributed by atoms with Gasteiger partial charge in [0.2, 0.25) is 0 Å². The molecule has 7 heteroatoms. The number of carbonyl (C=O) groups is 2. The van der Waals surface area contributed by atoms with Gasteiger partial charge in [0, 0.05) is 31.4 Å². The van der Waals surface area contributed by atoms with E-state index in [9.17, 15) is 14.7 Å². The van der Waals surface area contributed by atoms with Gasteiger partial charge < -0.3 is 15.3 Å². The van der Waals surface area contributed by atoms with Crippen molar-refractivity contribution >= 4 is 12.0 Å². The fraction of sp³-hybridized carbons (Fsp3) is 0.643. The Morgan fingerprint density at radius 3 is 2.81 bits per heavy atom. The minimum Gasteiger partial charge on any atom is -0.481 e. The third-order valence-electron chi connectivity index (χ3n) is 4.09. The van der Waals surface area contributed by atoms with Crippen LogP contribution in [0, 0.1) is 5.41 Å². The molecule has 7 nitrogen and oxygen atoms in total. The first-order valence-electron chi connectivity index (χ1n) is 7.17. The average Bonchev–Trinajstić information content (AvgIpc) is 3.05. The van der Waals surface area contributed by atoms with E-state index in [1.54, 1.807) is 22.7 Å². The van der Waals surface area contributed by atoms with Gasteiger partial charge in [-0.1, -0.05) is 0 Å². The van der Waals surface area contributed by atoms with Gasteiger partial charge in [-0.3, -0.25) is 9.48 Å². The minimum atomic E-state index is -0.852. The number of hydrogen-bond donors (Lipinski definition) is 2. The second-order valence-corrected chi connectivity index (χ2v) is 5.84. The second kappa shape index (κ2) is 5.75. The predicted octanol–water partition coefficient (Wildman–Crippen LogP) is 1.47. The summed E-state index contributed by atoms with van der Waals surface area (Å²) in [6.45, 7) is 7.06. The van der Waals surface area contributed by atoms with Gasteiger partial charge in [-0.05, 0) is 27.2 Å². The van der Waals surface area contributed by atoms with Crippen LogP contribution in [0.15, 0.2) is 12.4 Å². The van der Waals surface area contributed by atoms with Crippen LogP contribution in [0.3, 0.4) is 0 Å². The zero-order valence-electron chi connectivity index (χ0n) is 12.7. The maximum atomic E-state index is 12.2. The van der Waals surface area contributed by atoms with E-state index in [1.165, 1.54) is 0 Å². The molecule has 116 valence electrons. The molecule has 1 saturated heterocycles. The van der Waals surface area contributed by atoms with E-state index in [0.717, 1.165) is 12.1 Å². The molecule has 2 amide bonds. The molecule has 0 aromatic carbocycles. The van der Waals surface area contributed by atoms with E-state index in [4.69, 9.17) is 0 Å². The number of likely N-dealkylation sites (tertiary alicyclic amines) is 1. The lowest BCUT2D eigenvalue weighted by Gasteiger charge is -2.22. The highest BCUT2D eigenvalue weighted by atomic mass is 16.4. The molecule has 2 N–H and O–H groups in total. The Bertz CT molecular complexity index is 542. The monoisotopic (exact) mass is 294 g/mol. The first-order chi connectivity index (χ1) is 9.85. The van der Waals surface area contributed by atoms with Crippen molar-refractivity contribution in [3.8, 4) is 0 Å². The summed E-state index contributed by atoms with van der Waals surface area (Å²) in [5.74, 6) is -0.852. The first-order valence-corrected chi connectivity index (χ1v) is 7.17. The third-order valence-corrected chi connectivity index (χ3v) is 4.09. The molecule has 2 heterocycles. The van der Waals surface area contributed by atoms with Crippen molar-refractivity contribution in [2.75, 3.05) is 13.1 Å². The molecular weight excluding hydrogens is 272 g/mol. The summed E-state index contributed by atoms with van der Waals surface area (Å²) in [7, 11) is 0. The Morgan fingerprint density at radius 2 is 2.29 bits per heavy atom. The number of aromatic nitrogens is 2. The van der Waals surface area contributed by atoms with Crippen molar-refractivity contribution in [1.29, 1.82) is 0 Å². The highest BCUT2D eigenvalue weighted by Gasteiger charge is 2.42. The van der Waals surface area contributed by atoms with Gasteiger partial charge in [0.15, 0.2) is 0 Å². The van der Waals surface area contributed by atoms with Crippen molar-refractivity contribution < 1.29 is 14.7 Å². The number of carboxylic acids is 1. The van der Waals surface area contributed by atoms with Gasteiger partial charge in [-0.2, -0.15) is 5.10 Å². The number of nitrogens with zero attached hydrogens (tertiary/aromatic N) is 3.